The molecule has 0 rings (SSSR count). The Hall–Kier alpha value is -1.85. The molecule has 0 heterocycles. The van der Waals surface area contributed by atoms with Crippen LogP contribution in [0, 0.1) is 0 Å². The van der Waals surface area contributed by atoms with Gasteiger partial charge in [0.25, 0.3) is 0 Å². The summed E-state index contributed by atoms with van der Waals surface area (Å²) in [6.07, 6.45) is 88.4. The van der Waals surface area contributed by atoms with Crippen LogP contribution in [0.2, 0.25) is 0 Å². The molecule has 0 saturated carbocycles. The van der Waals surface area contributed by atoms with Crippen molar-refractivity contribution < 1.29 is 28.6 Å². The van der Waals surface area contributed by atoms with E-state index < -0.39 is 6.10 Å². The summed E-state index contributed by atoms with van der Waals surface area (Å²) in [6, 6.07) is 0. The molecule has 1 unspecified atom stereocenters. The van der Waals surface area contributed by atoms with Crippen LogP contribution in [0.3, 0.4) is 0 Å². The van der Waals surface area contributed by atoms with Crippen molar-refractivity contribution in [3.8, 4) is 0 Å². The quantitative estimate of drug-likeness (QED) is 0.0261. The van der Waals surface area contributed by atoms with E-state index in [2.05, 4.69) is 32.9 Å². The molecule has 0 aliphatic heterocycles. The zero-order valence-electron chi connectivity index (χ0n) is 56.8. The second kappa shape index (κ2) is 72.6. The molecule has 1 atom stereocenters. The van der Waals surface area contributed by atoms with Gasteiger partial charge in [-0.25, -0.2) is 0 Å². The van der Waals surface area contributed by atoms with Gasteiger partial charge in [-0.05, 0) is 44.9 Å². The van der Waals surface area contributed by atoms with E-state index in [1.807, 2.05) is 0 Å². The fraction of sp³-hybridized carbons (Fsp3) is 0.935. The molecule has 492 valence electrons. The molecule has 6 nitrogen and oxygen atoms in total. The number of hydrogen-bond donors (Lipinski definition) is 0. The molecule has 0 aromatic rings. The van der Waals surface area contributed by atoms with Crippen LogP contribution in [0.1, 0.15) is 445 Å². The van der Waals surface area contributed by atoms with Crippen LogP contribution < -0.4 is 0 Å². The Morgan fingerprint density at radius 1 is 0.229 bits per heavy atom. The van der Waals surface area contributed by atoms with Gasteiger partial charge in [-0.3, -0.25) is 14.4 Å². The van der Waals surface area contributed by atoms with E-state index in [1.165, 1.54) is 347 Å². The monoisotopic (exact) mass is 1170 g/mol. The van der Waals surface area contributed by atoms with Crippen molar-refractivity contribution in [1.29, 1.82) is 0 Å². The third kappa shape index (κ3) is 70.8. The second-order valence-electron chi connectivity index (χ2n) is 26.3. The summed E-state index contributed by atoms with van der Waals surface area (Å²) >= 11 is 0. The summed E-state index contributed by atoms with van der Waals surface area (Å²) in [6.45, 7) is 6.74. The van der Waals surface area contributed by atoms with Crippen LogP contribution in [0.25, 0.3) is 0 Å². The van der Waals surface area contributed by atoms with E-state index in [9.17, 15) is 14.4 Å². The van der Waals surface area contributed by atoms with Gasteiger partial charge in [0.05, 0.1) is 0 Å². The van der Waals surface area contributed by atoms with Crippen LogP contribution in [0.4, 0.5) is 0 Å². The van der Waals surface area contributed by atoms with Gasteiger partial charge in [-0.1, -0.05) is 392 Å². The molecule has 0 saturated heterocycles. The zero-order valence-corrected chi connectivity index (χ0v) is 56.8. The third-order valence-corrected chi connectivity index (χ3v) is 17.8. The Kier molecular flexibility index (Phi) is 71.0. The number of carbonyl (C=O) groups excluding carboxylic acids is 3. The smallest absolute Gasteiger partial charge is 0.306 e. The van der Waals surface area contributed by atoms with Crippen molar-refractivity contribution in [2.45, 2.75) is 451 Å². The summed E-state index contributed by atoms with van der Waals surface area (Å²) in [7, 11) is 0. The minimum atomic E-state index is -0.765. The number of ether oxygens (including phenoxy) is 3. The van der Waals surface area contributed by atoms with Gasteiger partial charge in [0.15, 0.2) is 6.10 Å². The molecule has 0 aliphatic rings. The highest BCUT2D eigenvalue weighted by Crippen LogP contribution is 2.20. The highest BCUT2D eigenvalue weighted by Gasteiger charge is 2.20. The minimum absolute atomic E-state index is 0.0617. The van der Waals surface area contributed by atoms with Gasteiger partial charge in [-0.15, -0.1) is 0 Å². The molecule has 0 amide bonds. The van der Waals surface area contributed by atoms with Crippen molar-refractivity contribution >= 4 is 17.9 Å². The van der Waals surface area contributed by atoms with Crippen molar-refractivity contribution in [1.82, 2.24) is 0 Å². The first-order valence-electron chi connectivity index (χ1n) is 38.2. The number of carbonyl (C=O) groups is 3. The fourth-order valence-electron chi connectivity index (χ4n) is 12.0. The summed E-state index contributed by atoms with van der Waals surface area (Å²) in [5.74, 6) is -0.821. The molecule has 6 heteroatoms. The number of allylic oxidation sites excluding steroid dienone is 2. The maximum Gasteiger partial charge on any atom is 0.306 e. The number of esters is 3. The molecule has 0 aromatic carbocycles. The average Bonchev–Trinajstić information content (AvgIpc) is 3.49. The molecule has 0 spiro atoms. The Morgan fingerprint density at radius 2 is 0.398 bits per heavy atom. The lowest BCUT2D eigenvalue weighted by atomic mass is 10.0. The number of hydrogen-bond acceptors (Lipinski definition) is 6. The van der Waals surface area contributed by atoms with Crippen LogP contribution in [0.5, 0.6) is 0 Å². The topological polar surface area (TPSA) is 78.9 Å². The van der Waals surface area contributed by atoms with E-state index >= 15 is 0 Å². The Morgan fingerprint density at radius 3 is 0.602 bits per heavy atom. The summed E-state index contributed by atoms with van der Waals surface area (Å²) in [5, 5.41) is 0. The van der Waals surface area contributed by atoms with Crippen molar-refractivity contribution in [3.05, 3.63) is 12.2 Å². The van der Waals surface area contributed by atoms with Gasteiger partial charge in [0.1, 0.15) is 13.2 Å². The lowest BCUT2D eigenvalue weighted by Crippen LogP contribution is -2.30. The molecule has 0 aromatic heterocycles. The minimum Gasteiger partial charge on any atom is -0.462 e. The predicted octanol–water partition coefficient (Wildman–Crippen LogP) is 26.3. The molecular formula is C77H148O6. The van der Waals surface area contributed by atoms with E-state index in [0.717, 1.165) is 57.8 Å². The molecule has 0 aliphatic carbocycles. The molecule has 0 radical (unpaired) electrons. The fourth-order valence-corrected chi connectivity index (χ4v) is 12.0. The largest absolute Gasteiger partial charge is 0.462 e. The van der Waals surface area contributed by atoms with E-state index in [0.29, 0.717) is 19.3 Å². The zero-order chi connectivity index (χ0) is 59.9. The lowest BCUT2D eigenvalue weighted by Gasteiger charge is -2.18. The standard InChI is InChI=1S/C77H148O6/c1-4-7-10-13-16-19-22-25-27-29-31-33-35-36-37-38-39-40-42-43-45-47-49-52-55-58-61-64-67-70-76(79)82-73-74(72-81-75(78)69-66-63-60-57-54-51-24-21-18-15-12-9-6-3)83-77(80)71-68-65-62-59-56-53-50-48-46-44-41-34-32-30-28-26-23-20-17-14-11-8-5-2/h29,31,74H,4-28,30,32-73H2,1-3H3/b31-29-. The maximum absolute atomic E-state index is 13.0. The van der Waals surface area contributed by atoms with Crippen LogP contribution in [0.15, 0.2) is 12.2 Å². The van der Waals surface area contributed by atoms with Gasteiger partial charge in [-0.2, -0.15) is 0 Å². The van der Waals surface area contributed by atoms with Gasteiger partial charge >= 0.3 is 17.9 Å². The first-order valence-corrected chi connectivity index (χ1v) is 38.2. The molecule has 0 N–H and O–H groups in total. The molecule has 0 bridgehead atoms. The van der Waals surface area contributed by atoms with Crippen molar-refractivity contribution in [2.75, 3.05) is 13.2 Å². The normalized spacial score (nSPS) is 12.0. The Bertz CT molecular complexity index is 1300. The highest BCUT2D eigenvalue weighted by atomic mass is 16.6. The summed E-state index contributed by atoms with van der Waals surface area (Å²) < 4.78 is 17.0. The summed E-state index contributed by atoms with van der Waals surface area (Å²) in [4.78, 5) is 38.5. The van der Waals surface area contributed by atoms with Crippen LogP contribution in [-0.2, 0) is 28.6 Å². The Labute approximate surface area is 520 Å². The first kappa shape index (κ1) is 81.2. The van der Waals surface area contributed by atoms with Crippen LogP contribution in [-0.4, -0.2) is 37.2 Å². The molecular weight excluding hydrogens is 1020 g/mol. The predicted molar refractivity (Wildman–Crippen MR) is 363 cm³/mol. The van der Waals surface area contributed by atoms with Gasteiger partial charge in [0, 0.05) is 19.3 Å². The molecule has 83 heavy (non-hydrogen) atoms. The average molecular weight is 1170 g/mol. The molecule has 0 fully saturated rings. The summed E-state index contributed by atoms with van der Waals surface area (Å²) in [5.41, 5.74) is 0. The Balaban J connectivity index is 4.15. The lowest BCUT2D eigenvalue weighted by molar-refractivity contribution is -0.167. The first-order chi connectivity index (χ1) is 41.0. The van der Waals surface area contributed by atoms with Crippen molar-refractivity contribution in [2.24, 2.45) is 0 Å². The highest BCUT2D eigenvalue weighted by molar-refractivity contribution is 5.71. The van der Waals surface area contributed by atoms with E-state index in [-0.39, 0.29) is 31.1 Å². The van der Waals surface area contributed by atoms with Gasteiger partial charge in [0.2, 0.25) is 0 Å². The van der Waals surface area contributed by atoms with Crippen LogP contribution >= 0.6 is 0 Å². The number of rotatable bonds is 72. The van der Waals surface area contributed by atoms with E-state index in [1.54, 1.807) is 0 Å². The van der Waals surface area contributed by atoms with E-state index in [4.69, 9.17) is 14.2 Å². The SMILES string of the molecule is CCCCCCCCCC/C=C\CCCCCCCCCCCCCCCCCCCC(=O)OCC(COC(=O)CCCCCCCCCCCCCCC)OC(=O)CCCCCCCCCCCCCCCCCCCCCCCCC. The third-order valence-electron chi connectivity index (χ3n) is 17.8. The maximum atomic E-state index is 13.0. The second-order valence-corrected chi connectivity index (χ2v) is 26.3. The van der Waals surface area contributed by atoms with Crippen molar-refractivity contribution in [3.63, 3.8) is 0 Å². The van der Waals surface area contributed by atoms with Gasteiger partial charge < -0.3 is 14.2 Å². The number of unbranched alkanes of at least 4 members (excludes halogenated alkanes) is 59.